The molecule has 1 aliphatic rings. The number of rotatable bonds is 7. The maximum absolute atomic E-state index is 5.67. The lowest BCUT2D eigenvalue weighted by molar-refractivity contribution is 0.146. The number of guanidine groups is 1. The molecule has 1 N–H and O–H groups in total. The molecule has 0 aromatic heterocycles. The van der Waals surface area contributed by atoms with Crippen molar-refractivity contribution in [2.75, 3.05) is 40.0 Å². The van der Waals surface area contributed by atoms with Crippen LogP contribution in [0.25, 0.3) is 0 Å². The van der Waals surface area contributed by atoms with Gasteiger partial charge in [0, 0.05) is 26.7 Å². The topological polar surface area (TPSA) is 46.1 Å². The van der Waals surface area contributed by atoms with E-state index in [9.17, 15) is 0 Å². The van der Waals surface area contributed by atoms with Crippen LogP contribution in [-0.2, 0) is 11.3 Å². The third-order valence-electron chi connectivity index (χ3n) is 4.16. The van der Waals surface area contributed by atoms with Crippen molar-refractivity contribution in [3.05, 3.63) is 29.8 Å². The minimum absolute atomic E-state index is 0. The summed E-state index contributed by atoms with van der Waals surface area (Å²) >= 11 is 0. The molecule has 0 radical (unpaired) electrons. The van der Waals surface area contributed by atoms with Gasteiger partial charge in [-0.2, -0.15) is 0 Å². The first kappa shape index (κ1) is 22.0. The van der Waals surface area contributed by atoms with E-state index in [1.807, 2.05) is 12.1 Å². The molecule has 6 heteroatoms. The quantitative estimate of drug-likeness (QED) is 0.292. The Morgan fingerprint density at radius 3 is 2.92 bits per heavy atom. The summed E-state index contributed by atoms with van der Waals surface area (Å²) in [5.74, 6) is 2.63. The van der Waals surface area contributed by atoms with Gasteiger partial charge in [-0.25, -0.2) is 4.99 Å². The van der Waals surface area contributed by atoms with Crippen LogP contribution in [0.15, 0.2) is 29.3 Å². The predicted molar refractivity (Wildman–Crippen MR) is 114 cm³/mol. The SMILES string of the molecule is CCNC(=NCc1cccc(OCCOC)c1)N1CCCC(C)C1.I. The minimum Gasteiger partial charge on any atom is -0.491 e. The second-order valence-corrected chi connectivity index (χ2v) is 6.35. The number of methoxy groups -OCH3 is 1. The molecule has 25 heavy (non-hydrogen) atoms. The lowest BCUT2D eigenvalue weighted by atomic mass is 10.0. The largest absolute Gasteiger partial charge is 0.491 e. The van der Waals surface area contributed by atoms with Gasteiger partial charge in [0.15, 0.2) is 5.96 Å². The van der Waals surface area contributed by atoms with Crippen LogP contribution in [0.2, 0.25) is 0 Å². The summed E-state index contributed by atoms with van der Waals surface area (Å²) in [5.41, 5.74) is 1.16. The lowest BCUT2D eigenvalue weighted by Crippen LogP contribution is -2.46. The zero-order valence-corrected chi connectivity index (χ0v) is 18.0. The molecule has 1 aromatic rings. The molecule has 142 valence electrons. The number of aliphatic imine (C=N–C) groups is 1. The Labute approximate surface area is 169 Å². The van der Waals surface area contributed by atoms with E-state index in [-0.39, 0.29) is 24.0 Å². The van der Waals surface area contributed by atoms with E-state index < -0.39 is 0 Å². The van der Waals surface area contributed by atoms with E-state index in [1.165, 1.54) is 12.8 Å². The first-order chi connectivity index (χ1) is 11.7. The van der Waals surface area contributed by atoms with Gasteiger partial charge in [-0.05, 0) is 43.4 Å². The molecular weight excluding hydrogens is 429 g/mol. The predicted octanol–water partition coefficient (Wildman–Crippen LogP) is 3.53. The maximum Gasteiger partial charge on any atom is 0.194 e. The van der Waals surface area contributed by atoms with Gasteiger partial charge in [0.05, 0.1) is 13.2 Å². The van der Waals surface area contributed by atoms with Crippen LogP contribution in [0.1, 0.15) is 32.3 Å². The molecule has 0 spiro atoms. The number of nitrogens with one attached hydrogen (secondary N) is 1. The molecule has 0 bridgehead atoms. The fraction of sp³-hybridized carbons (Fsp3) is 0.632. The van der Waals surface area contributed by atoms with Crippen molar-refractivity contribution in [1.82, 2.24) is 10.2 Å². The number of halogens is 1. The molecule has 1 aromatic carbocycles. The second kappa shape index (κ2) is 12.4. The molecule has 1 unspecified atom stereocenters. The van der Waals surface area contributed by atoms with E-state index in [1.54, 1.807) is 7.11 Å². The fourth-order valence-corrected chi connectivity index (χ4v) is 2.95. The average Bonchev–Trinajstić information content (AvgIpc) is 2.59. The first-order valence-corrected chi connectivity index (χ1v) is 8.97. The molecule has 1 heterocycles. The monoisotopic (exact) mass is 461 g/mol. The number of ether oxygens (including phenoxy) is 2. The lowest BCUT2D eigenvalue weighted by Gasteiger charge is -2.33. The van der Waals surface area contributed by atoms with E-state index in [0.717, 1.165) is 42.8 Å². The molecule has 1 saturated heterocycles. The van der Waals surface area contributed by atoms with Crippen LogP contribution in [0.3, 0.4) is 0 Å². The third kappa shape index (κ3) is 7.81. The van der Waals surface area contributed by atoms with Gasteiger partial charge in [-0.1, -0.05) is 19.1 Å². The van der Waals surface area contributed by atoms with Crippen LogP contribution < -0.4 is 10.1 Å². The number of piperidine rings is 1. The highest BCUT2D eigenvalue weighted by Crippen LogP contribution is 2.17. The summed E-state index contributed by atoms with van der Waals surface area (Å²) in [6.45, 7) is 9.34. The molecule has 0 amide bonds. The standard InChI is InChI=1S/C19H31N3O2.HI/c1-4-20-19(22-10-6-7-16(2)15-22)21-14-17-8-5-9-18(13-17)24-12-11-23-3;/h5,8-9,13,16H,4,6-7,10-12,14-15H2,1-3H3,(H,20,21);1H. The molecule has 1 fully saturated rings. The molecule has 1 aliphatic heterocycles. The Morgan fingerprint density at radius 2 is 2.20 bits per heavy atom. The van der Waals surface area contributed by atoms with E-state index in [2.05, 4.69) is 36.2 Å². The fourth-order valence-electron chi connectivity index (χ4n) is 2.95. The summed E-state index contributed by atoms with van der Waals surface area (Å²) in [7, 11) is 1.68. The van der Waals surface area contributed by atoms with Crippen LogP contribution >= 0.6 is 24.0 Å². The summed E-state index contributed by atoms with van der Waals surface area (Å²) in [6, 6.07) is 8.14. The van der Waals surface area contributed by atoms with Crippen molar-refractivity contribution >= 4 is 29.9 Å². The van der Waals surface area contributed by atoms with Gasteiger partial charge in [0.1, 0.15) is 12.4 Å². The van der Waals surface area contributed by atoms with Gasteiger partial charge in [-0.3, -0.25) is 0 Å². The van der Waals surface area contributed by atoms with Crippen molar-refractivity contribution in [3.63, 3.8) is 0 Å². The first-order valence-electron chi connectivity index (χ1n) is 8.97. The zero-order chi connectivity index (χ0) is 17.2. The van der Waals surface area contributed by atoms with Crippen molar-refractivity contribution < 1.29 is 9.47 Å². The molecule has 0 saturated carbocycles. The normalized spacial score (nSPS) is 17.8. The van der Waals surface area contributed by atoms with Gasteiger partial charge < -0.3 is 19.7 Å². The summed E-state index contributed by atoms with van der Waals surface area (Å²) in [4.78, 5) is 7.22. The van der Waals surface area contributed by atoms with E-state index >= 15 is 0 Å². The number of hydrogen-bond donors (Lipinski definition) is 1. The molecule has 5 nitrogen and oxygen atoms in total. The average molecular weight is 461 g/mol. The number of nitrogens with zero attached hydrogens (tertiary/aromatic N) is 2. The summed E-state index contributed by atoms with van der Waals surface area (Å²) in [6.07, 6.45) is 2.56. The van der Waals surface area contributed by atoms with Crippen LogP contribution in [-0.4, -0.2) is 50.8 Å². The number of likely N-dealkylation sites (tertiary alicyclic amines) is 1. The smallest absolute Gasteiger partial charge is 0.194 e. The second-order valence-electron chi connectivity index (χ2n) is 6.35. The van der Waals surface area contributed by atoms with Crippen molar-refractivity contribution in [3.8, 4) is 5.75 Å². The molecule has 1 atom stereocenters. The molecule has 0 aliphatic carbocycles. The number of benzene rings is 1. The summed E-state index contributed by atoms with van der Waals surface area (Å²) in [5, 5.41) is 3.43. The van der Waals surface area contributed by atoms with Crippen LogP contribution in [0, 0.1) is 5.92 Å². The van der Waals surface area contributed by atoms with Gasteiger partial charge in [0.2, 0.25) is 0 Å². The van der Waals surface area contributed by atoms with Crippen molar-refractivity contribution in [2.45, 2.75) is 33.2 Å². The Morgan fingerprint density at radius 1 is 1.36 bits per heavy atom. The Kier molecular flexibility index (Phi) is 10.9. The van der Waals surface area contributed by atoms with Gasteiger partial charge >= 0.3 is 0 Å². The van der Waals surface area contributed by atoms with Gasteiger partial charge in [-0.15, -0.1) is 24.0 Å². The Balaban J connectivity index is 0.00000312. The Bertz CT molecular complexity index is 525. The molecular formula is C19H32IN3O2. The van der Waals surface area contributed by atoms with Crippen LogP contribution in [0.5, 0.6) is 5.75 Å². The van der Waals surface area contributed by atoms with E-state index in [4.69, 9.17) is 14.5 Å². The van der Waals surface area contributed by atoms with Crippen LogP contribution in [0.4, 0.5) is 0 Å². The van der Waals surface area contributed by atoms with E-state index in [0.29, 0.717) is 19.8 Å². The highest BCUT2D eigenvalue weighted by molar-refractivity contribution is 14.0. The minimum atomic E-state index is 0. The summed E-state index contributed by atoms with van der Waals surface area (Å²) < 4.78 is 10.7. The van der Waals surface area contributed by atoms with Crippen molar-refractivity contribution in [1.29, 1.82) is 0 Å². The van der Waals surface area contributed by atoms with Crippen molar-refractivity contribution in [2.24, 2.45) is 10.9 Å². The zero-order valence-electron chi connectivity index (χ0n) is 15.7. The third-order valence-corrected chi connectivity index (χ3v) is 4.16. The van der Waals surface area contributed by atoms with Gasteiger partial charge in [0.25, 0.3) is 0 Å². The highest BCUT2D eigenvalue weighted by atomic mass is 127. The molecule has 2 rings (SSSR count). The maximum atomic E-state index is 5.67. The highest BCUT2D eigenvalue weighted by Gasteiger charge is 2.18. The Hall–Kier alpha value is -1.02. The number of hydrogen-bond acceptors (Lipinski definition) is 3.